The van der Waals surface area contributed by atoms with Gasteiger partial charge in [-0.3, -0.25) is 0 Å². The molecule has 0 saturated carbocycles. The molecule has 74 heavy (non-hydrogen) atoms. The molecule has 4 N–H and O–H groups in total. The van der Waals surface area contributed by atoms with Crippen LogP contribution < -0.4 is 9.80 Å². The van der Waals surface area contributed by atoms with Crippen LogP contribution in [0.15, 0.2) is 109 Å². The minimum absolute atomic E-state index is 0.845. The maximum Gasteiger partial charge on any atom is 0.138 e. The average Bonchev–Trinajstić information content (AvgIpc) is 4.31. The summed E-state index contributed by atoms with van der Waals surface area (Å²) in [5.74, 6) is 3.39. The van der Waals surface area contributed by atoms with Crippen molar-refractivity contribution in [1.29, 1.82) is 0 Å². The van der Waals surface area contributed by atoms with E-state index in [0.717, 1.165) is 188 Å². The van der Waals surface area contributed by atoms with Gasteiger partial charge in [0, 0.05) is 141 Å². The summed E-state index contributed by atoms with van der Waals surface area (Å²) in [5.41, 5.74) is 16.9. The SMILES string of the molecule is CN1CCN(CCCCn2c3ccc(-c4nc5cc(-c6nc7cc(N8CCN(C)CC8)ccc7[nH]6)ccc5[nH]4)cc3c3cc(-c4nc5ccc(-c6nc7ccc(N8CCN(C)CC8)cc7[nH]6)cc5[nH]4)ccc32)CC1. The Kier molecular flexibility index (Phi) is 11.2. The van der Waals surface area contributed by atoms with Gasteiger partial charge in [-0.1, -0.05) is 0 Å². The summed E-state index contributed by atoms with van der Waals surface area (Å²) < 4.78 is 2.53. The van der Waals surface area contributed by atoms with E-state index in [2.05, 4.69) is 184 Å². The van der Waals surface area contributed by atoms with Crippen LogP contribution in [0.4, 0.5) is 11.4 Å². The molecule has 5 aromatic heterocycles. The quantitative estimate of drug-likeness (QED) is 0.0928. The molecule has 0 aliphatic carbocycles. The maximum absolute atomic E-state index is 5.22. The molecule has 15 nitrogen and oxygen atoms in total. The van der Waals surface area contributed by atoms with Crippen LogP contribution in [0.1, 0.15) is 12.8 Å². The summed E-state index contributed by atoms with van der Waals surface area (Å²) in [6, 6.07) is 39.7. The number of aryl methyl sites for hydroxylation is 1. The highest BCUT2D eigenvalue weighted by atomic mass is 15.3. The number of unbranched alkanes of at least 4 members (excludes halogenated alkanes) is 1. The number of hydrogen-bond donors (Lipinski definition) is 4. The van der Waals surface area contributed by atoms with Gasteiger partial charge in [-0.25, -0.2) is 19.9 Å². The maximum atomic E-state index is 5.22. The molecule has 8 heterocycles. The molecule has 0 unspecified atom stereocenters. The Balaban J connectivity index is 0.771. The van der Waals surface area contributed by atoms with Crippen LogP contribution in [0.5, 0.6) is 0 Å². The number of anilines is 2. The van der Waals surface area contributed by atoms with Crippen molar-refractivity contribution in [3.05, 3.63) is 109 Å². The predicted octanol–water partition coefficient (Wildman–Crippen LogP) is 9.50. The molecule has 0 atom stereocenters. The highest BCUT2D eigenvalue weighted by molar-refractivity contribution is 6.10. The molecule has 3 fully saturated rings. The minimum Gasteiger partial charge on any atom is -0.369 e. The van der Waals surface area contributed by atoms with Gasteiger partial charge in [-0.05, 0) is 150 Å². The van der Waals surface area contributed by atoms with E-state index in [9.17, 15) is 0 Å². The zero-order chi connectivity index (χ0) is 49.4. The lowest BCUT2D eigenvalue weighted by atomic mass is 10.1. The molecule has 0 spiro atoms. The monoisotopic (exact) mass is 982 g/mol. The second-order valence-corrected chi connectivity index (χ2v) is 21.3. The van der Waals surface area contributed by atoms with E-state index in [-0.39, 0.29) is 0 Å². The van der Waals surface area contributed by atoms with Crippen molar-refractivity contribution in [3.63, 3.8) is 0 Å². The van der Waals surface area contributed by atoms with Gasteiger partial charge in [0.05, 0.1) is 44.1 Å². The second kappa shape index (κ2) is 18.4. The van der Waals surface area contributed by atoms with Crippen LogP contribution in [0.2, 0.25) is 0 Å². The first-order valence-electron chi connectivity index (χ1n) is 26.6. The van der Waals surface area contributed by atoms with E-state index in [1.807, 2.05) is 0 Å². The van der Waals surface area contributed by atoms with E-state index in [0.29, 0.717) is 0 Å². The van der Waals surface area contributed by atoms with E-state index >= 15 is 0 Å². The van der Waals surface area contributed by atoms with Crippen LogP contribution in [-0.4, -0.2) is 170 Å². The van der Waals surface area contributed by atoms with Crippen LogP contribution in [0, 0.1) is 0 Å². The number of hydrogen-bond acceptors (Lipinski definition) is 10. The fraction of sp³-hybridized carbons (Fsp3) is 0.322. The Bertz CT molecular complexity index is 3630. The Morgan fingerprint density at radius 2 is 0.784 bits per heavy atom. The molecule has 15 heteroatoms. The summed E-state index contributed by atoms with van der Waals surface area (Å²) in [6.07, 6.45) is 2.28. The number of H-pyrrole nitrogens is 4. The molecule has 0 radical (unpaired) electrons. The van der Waals surface area contributed by atoms with Gasteiger partial charge < -0.3 is 53.9 Å². The van der Waals surface area contributed by atoms with Crippen molar-refractivity contribution in [2.24, 2.45) is 0 Å². The molecule has 0 bridgehead atoms. The molecule has 3 saturated heterocycles. The van der Waals surface area contributed by atoms with Gasteiger partial charge in [0.2, 0.25) is 0 Å². The fourth-order valence-corrected chi connectivity index (χ4v) is 11.7. The van der Waals surface area contributed by atoms with E-state index in [1.54, 1.807) is 0 Å². The molecule has 374 valence electrons. The number of piperazine rings is 3. The smallest absolute Gasteiger partial charge is 0.138 e. The number of rotatable bonds is 11. The number of likely N-dealkylation sites (N-methyl/N-ethyl adjacent to an activating group) is 3. The number of nitrogens with zero attached hydrogens (tertiary/aromatic N) is 11. The summed E-state index contributed by atoms with van der Waals surface area (Å²) >= 11 is 0. The number of aromatic nitrogens is 9. The van der Waals surface area contributed by atoms with Crippen LogP contribution in [-0.2, 0) is 6.54 Å². The van der Waals surface area contributed by atoms with Gasteiger partial charge in [0.15, 0.2) is 0 Å². The first kappa shape index (κ1) is 45.1. The van der Waals surface area contributed by atoms with Gasteiger partial charge in [-0.2, -0.15) is 0 Å². The number of aromatic amines is 4. The lowest BCUT2D eigenvalue weighted by Gasteiger charge is -2.34. The van der Waals surface area contributed by atoms with Crippen LogP contribution >= 0.6 is 0 Å². The van der Waals surface area contributed by atoms with Crippen molar-refractivity contribution in [3.8, 4) is 45.6 Å². The number of imidazole rings is 4. The minimum atomic E-state index is 0.845. The Labute approximate surface area is 429 Å². The lowest BCUT2D eigenvalue weighted by molar-refractivity contribution is 0.152. The van der Waals surface area contributed by atoms with Crippen molar-refractivity contribution < 1.29 is 0 Å². The molecule has 11 aromatic rings. The van der Waals surface area contributed by atoms with Gasteiger partial charge in [-0.15, -0.1) is 0 Å². The van der Waals surface area contributed by atoms with E-state index in [4.69, 9.17) is 19.9 Å². The highest BCUT2D eigenvalue weighted by Crippen LogP contribution is 2.37. The molecule has 0 amide bonds. The fourth-order valence-electron chi connectivity index (χ4n) is 11.7. The largest absolute Gasteiger partial charge is 0.369 e. The van der Waals surface area contributed by atoms with Gasteiger partial charge in [0.1, 0.15) is 23.3 Å². The van der Waals surface area contributed by atoms with Gasteiger partial charge in [0.25, 0.3) is 0 Å². The summed E-state index contributed by atoms with van der Waals surface area (Å²) in [6.45, 7) is 15.1. The summed E-state index contributed by atoms with van der Waals surface area (Å²) in [7, 11) is 6.61. The van der Waals surface area contributed by atoms with E-state index in [1.165, 1.54) is 39.6 Å². The van der Waals surface area contributed by atoms with Gasteiger partial charge >= 0.3 is 0 Å². The predicted molar refractivity (Wildman–Crippen MR) is 302 cm³/mol. The highest BCUT2D eigenvalue weighted by Gasteiger charge is 2.21. The Morgan fingerprint density at radius 1 is 0.365 bits per heavy atom. The lowest BCUT2D eigenvalue weighted by Crippen LogP contribution is -2.44. The first-order chi connectivity index (χ1) is 36.3. The molecular weight excluding hydrogens is 919 g/mol. The van der Waals surface area contributed by atoms with Crippen LogP contribution in [0.25, 0.3) is 111 Å². The molecule has 14 rings (SSSR count). The standard InChI is InChI=1S/C59H63N15/c1-68-20-26-71(27-21-68)18-4-5-19-74-54-16-8-38(56-60-46-12-6-40(34-50(46)64-56)58-62-48-14-10-42(36-52(48)66-58)72-28-22-69(2)23-29-72)32-44(54)45-33-39(9-17-55(45)74)57-61-47-13-7-41(35-51(47)65-57)59-63-49-15-11-43(37-53(49)67-59)73-30-24-70(3)25-31-73/h6-17,32-37H,4-5,18-31H2,1-3H3,(H,60,64)(H,61,65)(H,62,66)(H,63,67). The molecule has 6 aromatic carbocycles. The normalized spacial score (nSPS) is 17.0. The Hall–Kier alpha value is -7.56. The van der Waals surface area contributed by atoms with Crippen molar-refractivity contribution in [2.45, 2.75) is 19.4 Å². The molecule has 3 aliphatic heterocycles. The zero-order valence-electron chi connectivity index (χ0n) is 42.6. The summed E-state index contributed by atoms with van der Waals surface area (Å²) in [5, 5.41) is 2.41. The van der Waals surface area contributed by atoms with E-state index < -0.39 is 0 Å². The van der Waals surface area contributed by atoms with Crippen molar-refractivity contribution in [2.75, 3.05) is 116 Å². The molecular formula is C59H63N15. The van der Waals surface area contributed by atoms with Crippen molar-refractivity contribution in [1.82, 2.24) is 64.0 Å². The Morgan fingerprint density at radius 3 is 1.39 bits per heavy atom. The van der Waals surface area contributed by atoms with Crippen LogP contribution in [0.3, 0.4) is 0 Å². The number of benzene rings is 6. The third kappa shape index (κ3) is 8.43. The topological polar surface area (TPSA) is 139 Å². The zero-order valence-corrected chi connectivity index (χ0v) is 42.6. The number of nitrogens with one attached hydrogen (secondary N) is 4. The molecule has 3 aliphatic rings. The average molecular weight is 982 g/mol. The second-order valence-electron chi connectivity index (χ2n) is 21.3. The first-order valence-corrected chi connectivity index (χ1v) is 26.6. The summed E-state index contributed by atoms with van der Waals surface area (Å²) in [4.78, 5) is 49.8. The third-order valence-electron chi connectivity index (χ3n) is 16.3. The van der Waals surface area contributed by atoms with Crippen molar-refractivity contribution >= 4 is 77.3 Å². The number of fused-ring (bicyclic) bond motifs is 7. The third-order valence-corrected chi connectivity index (χ3v) is 16.3.